The molecule has 3 heterocycles. The number of carboxylic acid groups (broad SMARTS) is 1. The van der Waals surface area contributed by atoms with Gasteiger partial charge in [-0.05, 0) is 6.08 Å². The van der Waals surface area contributed by atoms with Crippen LogP contribution in [0, 0.1) is 0 Å². The van der Waals surface area contributed by atoms with E-state index in [2.05, 4.69) is 10.3 Å². The van der Waals surface area contributed by atoms with E-state index in [0.29, 0.717) is 11.3 Å². The Balaban J connectivity index is 0.00000133. The molecule has 0 aromatic carbocycles. The van der Waals surface area contributed by atoms with Crippen LogP contribution in [0.4, 0.5) is 0 Å². The van der Waals surface area contributed by atoms with E-state index in [1.165, 1.54) is 26.8 Å². The number of nitrogens with zero attached hydrogens (tertiary/aromatic N) is 4. The van der Waals surface area contributed by atoms with Crippen LogP contribution in [0.3, 0.4) is 0 Å². The van der Waals surface area contributed by atoms with E-state index in [9.17, 15) is 9.59 Å². The van der Waals surface area contributed by atoms with Gasteiger partial charge in [0, 0.05) is 12.5 Å². The van der Waals surface area contributed by atoms with E-state index in [4.69, 9.17) is 5.11 Å². The van der Waals surface area contributed by atoms with Gasteiger partial charge in [0.05, 0.1) is 11.8 Å². The topological polar surface area (TPSA) is 120 Å². The largest absolute Gasteiger partial charge is 0.477 e. The number of fused-ring (bicyclic) bond motifs is 1. The summed E-state index contributed by atoms with van der Waals surface area (Å²) in [5.41, 5.74) is 1.17. The lowest BCUT2D eigenvalue weighted by atomic mass is 10.0. The molecule has 100 valence electrons. The number of aromatic nitrogens is 3. The highest BCUT2D eigenvalue weighted by molar-refractivity contribution is 8.03. The van der Waals surface area contributed by atoms with E-state index >= 15 is 0 Å². The minimum atomic E-state index is -1.09. The normalized spacial score (nSPS) is 22.7. The molecule has 0 aliphatic carbocycles. The molecule has 19 heavy (non-hydrogen) atoms. The van der Waals surface area contributed by atoms with Crippen LogP contribution in [-0.2, 0) is 16.6 Å². The second-order valence-corrected chi connectivity index (χ2v) is 4.84. The Hall–Kier alpha value is -2.13. The summed E-state index contributed by atoms with van der Waals surface area (Å²) in [5, 5.41) is 17.8. The molecule has 0 unspecified atom stereocenters. The summed E-state index contributed by atoms with van der Waals surface area (Å²) in [4.78, 5) is 24.0. The molecule has 1 aromatic rings. The Morgan fingerprint density at radius 2 is 2.32 bits per heavy atom. The van der Waals surface area contributed by atoms with Gasteiger partial charge in [0.25, 0.3) is 5.91 Å². The first-order valence-electron chi connectivity index (χ1n) is 5.08. The zero-order chi connectivity index (χ0) is 12.9. The summed E-state index contributed by atoms with van der Waals surface area (Å²) in [5.74, 6) is -1.37. The Kier molecular flexibility index (Phi) is 3.16. The molecule has 1 saturated heterocycles. The van der Waals surface area contributed by atoms with Crippen molar-refractivity contribution in [2.75, 3.05) is 0 Å². The first-order chi connectivity index (χ1) is 8.58. The van der Waals surface area contributed by atoms with Crippen molar-refractivity contribution in [3.63, 3.8) is 0 Å². The van der Waals surface area contributed by atoms with Crippen LogP contribution < -0.4 is 0 Å². The molecule has 1 aromatic heterocycles. The molecule has 2 aliphatic rings. The number of β-lactam (4-membered cyclic amide) rings is 1. The fourth-order valence-electron chi connectivity index (χ4n) is 1.86. The number of thioether (sulfide) groups is 1. The zero-order valence-electron chi connectivity index (χ0n) is 9.77. The number of aryl methyl sites for hydroxylation is 1. The maximum atomic E-state index is 11.9. The number of carboxylic acids is 1. The standard InChI is InChI=1S/C10H8N4O3S.H2O/c1-13-3-5(11-12-13)2-6-8(15)14-7(10(16)17)4-18-9(6)14;/h2-4,9H,1H3,(H,16,17);1H2/b6-2-;/t9-;/m1./s1. The summed E-state index contributed by atoms with van der Waals surface area (Å²) >= 11 is 1.31. The average Bonchev–Trinajstić information content (AvgIpc) is 2.89. The summed E-state index contributed by atoms with van der Waals surface area (Å²) in [6.07, 6.45) is 3.33. The smallest absolute Gasteiger partial charge is 0.353 e. The molecule has 1 amide bonds. The number of amides is 1. The number of carbonyl (C=O) groups is 2. The van der Waals surface area contributed by atoms with Crippen molar-refractivity contribution in [1.82, 2.24) is 19.9 Å². The van der Waals surface area contributed by atoms with Crippen molar-refractivity contribution >= 4 is 29.7 Å². The van der Waals surface area contributed by atoms with Crippen LogP contribution in [0.25, 0.3) is 6.08 Å². The molecule has 3 rings (SSSR count). The molecule has 1 atom stereocenters. The van der Waals surface area contributed by atoms with Crippen LogP contribution in [0.15, 0.2) is 22.9 Å². The molecule has 9 heteroatoms. The molecule has 0 bridgehead atoms. The van der Waals surface area contributed by atoms with Gasteiger partial charge in [-0.1, -0.05) is 5.21 Å². The number of hydrogen-bond acceptors (Lipinski definition) is 5. The Bertz CT molecular complexity index is 621. The third-order valence-electron chi connectivity index (χ3n) is 2.68. The number of carbonyl (C=O) groups excluding carboxylic acids is 1. The maximum absolute atomic E-state index is 11.9. The van der Waals surface area contributed by atoms with Crippen molar-refractivity contribution in [3.05, 3.63) is 28.6 Å². The second-order valence-electron chi connectivity index (χ2n) is 3.89. The maximum Gasteiger partial charge on any atom is 0.353 e. The SMILES string of the molecule is Cn1cc(/C=C2/C(=O)N3C(C(=O)O)=CS[C@H]23)nn1.O. The van der Waals surface area contributed by atoms with Gasteiger partial charge in [-0.15, -0.1) is 16.9 Å². The fraction of sp³-hybridized carbons (Fsp3) is 0.200. The minimum absolute atomic E-state index is 0. The lowest BCUT2D eigenvalue weighted by Crippen LogP contribution is -2.51. The highest BCUT2D eigenvalue weighted by Gasteiger charge is 2.49. The highest BCUT2D eigenvalue weighted by Crippen LogP contribution is 2.44. The van der Waals surface area contributed by atoms with Crippen molar-refractivity contribution in [3.8, 4) is 0 Å². The highest BCUT2D eigenvalue weighted by atomic mass is 32.2. The van der Waals surface area contributed by atoms with Gasteiger partial charge in [0.15, 0.2) is 0 Å². The van der Waals surface area contributed by atoms with E-state index in [1.54, 1.807) is 19.3 Å². The minimum Gasteiger partial charge on any atom is -0.477 e. The fourth-order valence-corrected chi connectivity index (χ4v) is 2.98. The first-order valence-corrected chi connectivity index (χ1v) is 6.02. The van der Waals surface area contributed by atoms with Gasteiger partial charge in [0.1, 0.15) is 16.8 Å². The number of hydrogen-bond donors (Lipinski definition) is 1. The molecule has 2 aliphatic heterocycles. The van der Waals surface area contributed by atoms with E-state index in [-0.39, 0.29) is 22.5 Å². The monoisotopic (exact) mass is 282 g/mol. The Morgan fingerprint density at radius 3 is 2.89 bits per heavy atom. The lowest BCUT2D eigenvalue weighted by Gasteiger charge is -2.36. The third-order valence-corrected chi connectivity index (χ3v) is 3.76. The van der Waals surface area contributed by atoms with Crippen LogP contribution in [0.5, 0.6) is 0 Å². The summed E-state index contributed by atoms with van der Waals surface area (Å²) in [6, 6.07) is 0. The molecule has 8 nitrogen and oxygen atoms in total. The summed E-state index contributed by atoms with van der Waals surface area (Å²) in [7, 11) is 1.73. The molecule has 1 fully saturated rings. The van der Waals surface area contributed by atoms with Gasteiger partial charge in [0.2, 0.25) is 0 Å². The van der Waals surface area contributed by atoms with E-state index in [0.717, 1.165) is 0 Å². The van der Waals surface area contributed by atoms with E-state index < -0.39 is 5.97 Å². The van der Waals surface area contributed by atoms with Crippen LogP contribution in [-0.4, -0.2) is 47.7 Å². The summed E-state index contributed by atoms with van der Waals surface area (Å²) < 4.78 is 1.54. The molecule has 3 N–H and O–H groups in total. The van der Waals surface area contributed by atoms with Crippen molar-refractivity contribution in [1.29, 1.82) is 0 Å². The predicted octanol–water partition coefficient (Wildman–Crippen LogP) is -0.785. The average molecular weight is 282 g/mol. The lowest BCUT2D eigenvalue weighted by molar-refractivity contribution is -0.141. The second kappa shape index (κ2) is 4.52. The molecular formula is C10H10N4O4S. The van der Waals surface area contributed by atoms with Gasteiger partial charge < -0.3 is 10.6 Å². The molecule has 0 spiro atoms. The zero-order valence-corrected chi connectivity index (χ0v) is 10.6. The first kappa shape index (κ1) is 13.3. The summed E-state index contributed by atoms with van der Waals surface area (Å²) in [6.45, 7) is 0. The van der Waals surface area contributed by atoms with Crippen LogP contribution in [0.2, 0.25) is 0 Å². The van der Waals surface area contributed by atoms with Gasteiger partial charge in [-0.25, -0.2) is 4.79 Å². The molecular weight excluding hydrogens is 272 g/mol. The third kappa shape index (κ3) is 1.92. The molecule has 0 radical (unpaired) electrons. The predicted molar refractivity (Wildman–Crippen MR) is 66.5 cm³/mol. The number of rotatable bonds is 2. The van der Waals surface area contributed by atoms with Gasteiger partial charge >= 0.3 is 5.97 Å². The quantitative estimate of drug-likeness (QED) is 0.561. The van der Waals surface area contributed by atoms with Gasteiger partial charge in [-0.3, -0.25) is 14.4 Å². The van der Waals surface area contributed by atoms with Crippen LogP contribution >= 0.6 is 11.8 Å². The van der Waals surface area contributed by atoms with Crippen molar-refractivity contribution < 1.29 is 20.2 Å². The molecule has 0 saturated carbocycles. The Morgan fingerprint density at radius 1 is 1.58 bits per heavy atom. The van der Waals surface area contributed by atoms with Gasteiger partial charge in [-0.2, -0.15) is 0 Å². The van der Waals surface area contributed by atoms with Crippen molar-refractivity contribution in [2.24, 2.45) is 7.05 Å². The van der Waals surface area contributed by atoms with Crippen LogP contribution in [0.1, 0.15) is 5.69 Å². The Labute approximate surface area is 111 Å². The van der Waals surface area contributed by atoms with E-state index in [1.807, 2.05) is 0 Å². The number of aliphatic carboxylic acids is 1. The van der Waals surface area contributed by atoms with Crippen molar-refractivity contribution in [2.45, 2.75) is 5.37 Å².